The summed E-state index contributed by atoms with van der Waals surface area (Å²) in [5.74, 6) is 2.80. The Balaban J connectivity index is 0.00000577. The zero-order valence-electron chi connectivity index (χ0n) is 45.2. The molecule has 6 heterocycles. The normalized spacial score (nSPS) is 12.3. The van der Waals surface area contributed by atoms with Crippen LogP contribution in [0, 0.1) is 12.1 Å². The van der Waals surface area contributed by atoms with Crippen LogP contribution in [0.3, 0.4) is 0 Å². The quantitative estimate of drug-likeness (QED) is 0.149. The largest absolute Gasteiger partial charge is 2.00 e. The van der Waals surface area contributed by atoms with Gasteiger partial charge in [-0.25, -0.2) is 9.97 Å². The predicted molar refractivity (Wildman–Crippen MR) is 326 cm³/mol. The minimum atomic E-state index is -0.0863. The molecule has 9 aromatic carbocycles. The van der Waals surface area contributed by atoms with Crippen molar-refractivity contribution in [3.63, 3.8) is 0 Å². The molecular formula is C72H54N6OPt. The third-order valence-corrected chi connectivity index (χ3v) is 16.0. The van der Waals surface area contributed by atoms with Crippen LogP contribution in [-0.4, -0.2) is 28.2 Å². The van der Waals surface area contributed by atoms with Crippen molar-refractivity contribution >= 4 is 87.2 Å². The van der Waals surface area contributed by atoms with Crippen LogP contribution in [-0.2, 0) is 31.9 Å². The molecule has 0 unspecified atom stereocenters. The summed E-state index contributed by atoms with van der Waals surface area (Å²) >= 11 is 0. The molecule has 0 saturated carbocycles. The summed E-state index contributed by atoms with van der Waals surface area (Å²) in [6, 6.07) is 81.6. The van der Waals surface area contributed by atoms with Gasteiger partial charge in [-0.2, -0.15) is 12.1 Å². The zero-order chi connectivity index (χ0) is 53.3. The summed E-state index contributed by atoms with van der Waals surface area (Å²) in [5.41, 5.74) is 15.2. The molecule has 15 aromatic rings. The van der Waals surface area contributed by atoms with E-state index >= 15 is 0 Å². The van der Waals surface area contributed by atoms with Crippen molar-refractivity contribution in [2.75, 3.05) is 0 Å². The van der Waals surface area contributed by atoms with Crippen LogP contribution < -0.4 is 4.74 Å². The van der Waals surface area contributed by atoms with Gasteiger partial charge in [0, 0.05) is 67.8 Å². The maximum atomic E-state index is 6.92. The van der Waals surface area contributed by atoms with Gasteiger partial charge in [-0.3, -0.25) is 0 Å². The molecule has 0 fully saturated rings. The van der Waals surface area contributed by atoms with Crippen molar-refractivity contribution in [3.05, 3.63) is 242 Å². The molecule has 6 aromatic heterocycles. The molecular weight excluding hydrogens is 1160 g/mol. The SMILES string of the molecule is CC(C)(C)c1ccnc(-n2c3[c-]c(Oc4[c-]c5c(cc4)c4cc(-n6c7ccccc7c7ccccc76)ccc4n5-c4cc(C(C)(C)C)ccn4)ccc3c3cc(-c4ccc5c(c4)c4ccccc4n5-c4ccccc4)ccc32)c1.[Pt+2]. The van der Waals surface area contributed by atoms with Crippen molar-refractivity contribution < 1.29 is 25.8 Å². The molecule has 15 rings (SSSR count). The number of rotatable bonds is 7. The summed E-state index contributed by atoms with van der Waals surface area (Å²) in [4.78, 5) is 10.1. The van der Waals surface area contributed by atoms with Crippen LogP contribution in [0.15, 0.2) is 219 Å². The molecule has 0 radical (unpaired) electrons. The van der Waals surface area contributed by atoms with E-state index < -0.39 is 0 Å². The molecule has 7 nitrogen and oxygen atoms in total. The Labute approximate surface area is 478 Å². The monoisotopic (exact) mass is 1210 g/mol. The third kappa shape index (κ3) is 7.89. The summed E-state index contributed by atoms with van der Waals surface area (Å²) in [7, 11) is 0. The molecule has 8 heteroatoms. The Morgan fingerprint density at radius 2 is 0.738 bits per heavy atom. The molecule has 0 amide bonds. The molecule has 0 atom stereocenters. The van der Waals surface area contributed by atoms with Crippen LogP contribution in [0.5, 0.6) is 11.5 Å². The van der Waals surface area contributed by atoms with Gasteiger partial charge < -0.3 is 23.0 Å². The number of para-hydroxylation sites is 4. The Morgan fingerprint density at radius 3 is 1.24 bits per heavy atom. The average Bonchev–Trinajstić information content (AvgIpc) is 4.28. The number of hydrogen-bond acceptors (Lipinski definition) is 3. The van der Waals surface area contributed by atoms with E-state index in [4.69, 9.17) is 14.7 Å². The van der Waals surface area contributed by atoms with Crippen LogP contribution in [0.4, 0.5) is 0 Å². The second-order valence-corrected chi connectivity index (χ2v) is 23.0. The maximum Gasteiger partial charge on any atom is 2.00 e. The predicted octanol–water partition coefficient (Wildman–Crippen LogP) is 18.5. The van der Waals surface area contributed by atoms with Gasteiger partial charge in [0.2, 0.25) is 0 Å². The Morgan fingerprint density at radius 1 is 0.338 bits per heavy atom. The smallest absolute Gasteiger partial charge is 0.509 e. The summed E-state index contributed by atoms with van der Waals surface area (Å²) < 4.78 is 16.1. The standard InChI is InChI=1S/C72H54N6O.Pt/c1-71(2,3)47-34-36-73-69(40-47)77-65-32-25-46(45-24-31-64-58(38-45)55-20-12-15-23-63(55)75(64)49-16-8-7-9-17-49)39-59(65)56-29-27-51(43-67(56)77)79-52-28-30-57-60-42-50(76-61-21-13-10-18-53(61)54-19-11-14-22-62(54)76)26-33-66(60)78(68(57)44-52)70-41-48(35-37-74-70)72(4,5)6;/h7-42H,1-6H3;/q-2;+2. The van der Waals surface area contributed by atoms with Gasteiger partial charge in [-0.1, -0.05) is 144 Å². The van der Waals surface area contributed by atoms with E-state index in [1.165, 1.54) is 54.7 Å². The number of aromatic nitrogens is 6. The van der Waals surface area contributed by atoms with Crippen molar-refractivity contribution in [3.8, 4) is 45.6 Å². The first-order chi connectivity index (χ1) is 38.4. The first-order valence-corrected chi connectivity index (χ1v) is 27.1. The minimum Gasteiger partial charge on any atom is -0.509 e. The number of ether oxygens (including phenoxy) is 1. The van der Waals surface area contributed by atoms with Gasteiger partial charge in [-0.15, -0.1) is 35.0 Å². The molecule has 0 saturated heterocycles. The first kappa shape index (κ1) is 49.3. The van der Waals surface area contributed by atoms with Gasteiger partial charge in [0.25, 0.3) is 0 Å². The second-order valence-electron chi connectivity index (χ2n) is 23.0. The Bertz CT molecular complexity index is 4910. The molecule has 0 spiro atoms. The first-order valence-electron chi connectivity index (χ1n) is 27.1. The van der Waals surface area contributed by atoms with Gasteiger partial charge in [0.1, 0.15) is 11.6 Å². The van der Waals surface area contributed by atoms with Crippen LogP contribution >= 0.6 is 0 Å². The zero-order valence-corrected chi connectivity index (χ0v) is 47.5. The van der Waals surface area contributed by atoms with Gasteiger partial charge in [0.15, 0.2) is 0 Å². The van der Waals surface area contributed by atoms with E-state index in [0.29, 0.717) is 11.5 Å². The van der Waals surface area contributed by atoms with E-state index in [9.17, 15) is 0 Å². The molecule has 388 valence electrons. The van der Waals surface area contributed by atoms with Crippen LogP contribution in [0.2, 0.25) is 0 Å². The van der Waals surface area contributed by atoms with E-state index in [-0.39, 0.29) is 31.9 Å². The molecule has 0 aliphatic carbocycles. The maximum absolute atomic E-state index is 6.92. The summed E-state index contributed by atoms with van der Waals surface area (Å²) in [6.45, 7) is 13.4. The number of hydrogen-bond donors (Lipinski definition) is 0. The average molecular weight is 1210 g/mol. The van der Waals surface area contributed by atoms with Crippen molar-refractivity contribution in [2.24, 2.45) is 0 Å². The fourth-order valence-electron chi connectivity index (χ4n) is 12.1. The van der Waals surface area contributed by atoms with E-state index in [0.717, 1.165) is 77.7 Å². The third-order valence-electron chi connectivity index (χ3n) is 16.0. The molecule has 0 aliphatic rings. The number of fused-ring (bicyclic) bond motifs is 12. The molecule has 80 heavy (non-hydrogen) atoms. The topological polar surface area (TPSA) is 54.7 Å². The van der Waals surface area contributed by atoms with Crippen LogP contribution in [0.25, 0.3) is 121 Å². The number of benzene rings is 9. The molecule has 0 aliphatic heterocycles. The van der Waals surface area contributed by atoms with Crippen molar-refractivity contribution in [1.82, 2.24) is 28.2 Å². The molecule has 0 N–H and O–H groups in total. The van der Waals surface area contributed by atoms with Crippen molar-refractivity contribution in [2.45, 2.75) is 52.4 Å². The van der Waals surface area contributed by atoms with Gasteiger partial charge in [-0.05, 0) is 135 Å². The van der Waals surface area contributed by atoms with E-state index in [1.54, 1.807) is 0 Å². The van der Waals surface area contributed by atoms with E-state index in [1.807, 2.05) is 24.5 Å². The number of pyridine rings is 2. The fourth-order valence-corrected chi connectivity index (χ4v) is 12.1. The van der Waals surface area contributed by atoms with Crippen molar-refractivity contribution in [1.29, 1.82) is 0 Å². The summed E-state index contributed by atoms with van der Waals surface area (Å²) in [5, 5.41) is 9.20. The Kier molecular flexibility index (Phi) is 11.4. The molecule has 0 bridgehead atoms. The minimum absolute atomic E-state index is 0. The summed E-state index contributed by atoms with van der Waals surface area (Å²) in [6.07, 6.45) is 3.84. The fraction of sp³-hybridized carbons (Fsp3) is 0.111. The second kappa shape index (κ2) is 18.5. The Hall–Kier alpha value is -9.03. The van der Waals surface area contributed by atoms with Crippen LogP contribution in [0.1, 0.15) is 52.7 Å². The van der Waals surface area contributed by atoms with Gasteiger partial charge >= 0.3 is 21.1 Å². The number of nitrogens with zero attached hydrogens (tertiary/aromatic N) is 6. The van der Waals surface area contributed by atoms with E-state index in [2.05, 4.69) is 266 Å². The van der Waals surface area contributed by atoms with Gasteiger partial charge in [0.05, 0.1) is 22.1 Å².